The van der Waals surface area contributed by atoms with Gasteiger partial charge in [0.15, 0.2) is 11.6 Å². The summed E-state index contributed by atoms with van der Waals surface area (Å²) in [5, 5.41) is 0. The number of methoxy groups -OCH3 is 1. The van der Waals surface area contributed by atoms with Crippen molar-refractivity contribution in [3.8, 4) is 0 Å². The maximum Gasteiger partial charge on any atom is 0.317 e. The molecule has 0 aromatic rings. The van der Waals surface area contributed by atoms with Crippen molar-refractivity contribution in [1.82, 2.24) is 4.90 Å². The van der Waals surface area contributed by atoms with Gasteiger partial charge >= 0.3 is 5.97 Å². The minimum absolute atomic E-state index is 0.135. The predicted octanol–water partition coefficient (Wildman–Crippen LogP) is 2.49. The second-order valence-corrected chi connectivity index (χ2v) is 7.17. The van der Waals surface area contributed by atoms with Crippen molar-refractivity contribution in [1.29, 1.82) is 0 Å². The van der Waals surface area contributed by atoms with E-state index >= 15 is 0 Å². The van der Waals surface area contributed by atoms with Crippen LogP contribution in [0.1, 0.15) is 52.9 Å². The molecule has 5 nitrogen and oxygen atoms in total. The van der Waals surface area contributed by atoms with Crippen LogP contribution in [0.15, 0.2) is 11.3 Å². The van der Waals surface area contributed by atoms with Crippen molar-refractivity contribution in [2.75, 3.05) is 20.2 Å². The molecule has 1 heterocycles. The maximum atomic E-state index is 13.0. The van der Waals surface area contributed by atoms with Crippen LogP contribution in [-0.4, -0.2) is 42.6 Å². The highest BCUT2D eigenvalue weighted by Gasteiger charge is 2.49. The van der Waals surface area contributed by atoms with Crippen molar-refractivity contribution < 1.29 is 19.1 Å². The summed E-state index contributed by atoms with van der Waals surface area (Å²) in [7, 11) is 1.29. The quantitative estimate of drug-likeness (QED) is 0.442. The Kier molecular flexibility index (Phi) is 5.27. The molecule has 1 atom stereocenters. The molecule has 0 bridgehead atoms. The lowest BCUT2D eigenvalue weighted by Crippen LogP contribution is -2.46. The Hall–Kier alpha value is -1.65. The Balaban J connectivity index is 2.51. The summed E-state index contributed by atoms with van der Waals surface area (Å²) < 4.78 is 4.84. The molecule has 0 aromatic carbocycles. The number of hydrogen-bond donors (Lipinski definition) is 0. The number of ketones is 2. The zero-order valence-electron chi connectivity index (χ0n) is 14.6. The average molecular weight is 321 g/mol. The van der Waals surface area contributed by atoms with E-state index in [0.717, 1.165) is 31.6 Å². The fourth-order valence-corrected chi connectivity index (χ4v) is 3.71. The van der Waals surface area contributed by atoms with E-state index in [1.807, 2.05) is 20.8 Å². The van der Waals surface area contributed by atoms with Crippen molar-refractivity contribution in [2.24, 2.45) is 11.3 Å². The monoisotopic (exact) mass is 321 g/mol. The van der Waals surface area contributed by atoms with Crippen molar-refractivity contribution >= 4 is 17.5 Å². The molecular weight excluding hydrogens is 294 g/mol. The first kappa shape index (κ1) is 17.7. The Morgan fingerprint density at radius 1 is 1.26 bits per heavy atom. The minimum atomic E-state index is -0.894. The third kappa shape index (κ3) is 3.33. The van der Waals surface area contributed by atoms with Crippen LogP contribution in [0.25, 0.3) is 0 Å². The zero-order chi connectivity index (χ0) is 17.2. The summed E-state index contributed by atoms with van der Waals surface area (Å²) in [6.07, 6.45) is 3.74. The number of ether oxygens (including phenoxy) is 1. The molecule has 1 fully saturated rings. The molecule has 5 heteroatoms. The molecule has 0 unspecified atom stereocenters. The van der Waals surface area contributed by atoms with Gasteiger partial charge in [-0.3, -0.25) is 14.4 Å². The van der Waals surface area contributed by atoms with Crippen molar-refractivity contribution in [3.05, 3.63) is 11.3 Å². The molecule has 0 amide bonds. The first-order valence-electron chi connectivity index (χ1n) is 8.46. The summed E-state index contributed by atoms with van der Waals surface area (Å²) >= 11 is 0. The fraction of sp³-hybridized carbons (Fsp3) is 0.722. The molecule has 1 aliphatic carbocycles. The van der Waals surface area contributed by atoms with Gasteiger partial charge in [0, 0.05) is 25.2 Å². The van der Waals surface area contributed by atoms with Gasteiger partial charge in [-0.15, -0.1) is 0 Å². The molecule has 0 saturated carbocycles. The second kappa shape index (κ2) is 6.85. The second-order valence-electron chi connectivity index (χ2n) is 7.17. The smallest absolute Gasteiger partial charge is 0.317 e. The van der Waals surface area contributed by atoms with Crippen molar-refractivity contribution in [2.45, 2.75) is 52.9 Å². The van der Waals surface area contributed by atoms with Gasteiger partial charge in [0.1, 0.15) is 5.92 Å². The molecule has 2 aliphatic rings. The number of hydrogen-bond acceptors (Lipinski definition) is 5. The molecule has 0 spiro atoms. The summed E-state index contributed by atoms with van der Waals surface area (Å²) in [5.41, 5.74) is 0.553. The lowest BCUT2D eigenvalue weighted by atomic mass is 9.66. The third-order valence-corrected chi connectivity index (χ3v) is 4.88. The molecule has 0 radical (unpaired) electrons. The molecule has 23 heavy (non-hydrogen) atoms. The van der Waals surface area contributed by atoms with E-state index < -0.39 is 17.3 Å². The normalized spacial score (nSPS) is 24.1. The van der Waals surface area contributed by atoms with E-state index in [1.165, 1.54) is 7.11 Å². The molecule has 0 aromatic heterocycles. The summed E-state index contributed by atoms with van der Waals surface area (Å²) in [6, 6.07) is 0. The third-order valence-electron chi connectivity index (χ3n) is 4.88. The highest BCUT2D eigenvalue weighted by molar-refractivity contribution is 6.25. The number of allylic oxidation sites excluding steroid dienone is 2. The van der Waals surface area contributed by atoms with Gasteiger partial charge in [0.2, 0.25) is 0 Å². The van der Waals surface area contributed by atoms with Gasteiger partial charge in [0.05, 0.1) is 12.7 Å². The van der Waals surface area contributed by atoms with Crippen molar-refractivity contribution in [3.63, 3.8) is 0 Å². The summed E-state index contributed by atoms with van der Waals surface area (Å²) in [6.45, 7) is 7.49. The van der Waals surface area contributed by atoms with E-state index in [9.17, 15) is 14.4 Å². The summed E-state index contributed by atoms with van der Waals surface area (Å²) in [5.74, 6) is -1.92. The largest absolute Gasteiger partial charge is 0.468 e. The highest BCUT2D eigenvalue weighted by atomic mass is 16.5. The van der Waals surface area contributed by atoms with Gasteiger partial charge < -0.3 is 9.64 Å². The van der Waals surface area contributed by atoms with Crippen LogP contribution in [0.2, 0.25) is 0 Å². The van der Waals surface area contributed by atoms with Crippen LogP contribution in [0, 0.1) is 11.3 Å². The number of carbonyl (C=O) groups is 3. The van der Waals surface area contributed by atoms with Crippen LogP contribution in [0.5, 0.6) is 0 Å². The molecule has 1 saturated heterocycles. The fourth-order valence-electron chi connectivity index (χ4n) is 3.71. The number of nitrogens with zero attached hydrogens (tertiary/aromatic N) is 1. The first-order valence-corrected chi connectivity index (χ1v) is 8.46. The Morgan fingerprint density at radius 3 is 2.39 bits per heavy atom. The van der Waals surface area contributed by atoms with Gasteiger partial charge in [-0.2, -0.15) is 0 Å². The Bertz CT molecular complexity index is 541. The molecule has 128 valence electrons. The lowest BCUT2D eigenvalue weighted by Gasteiger charge is -2.40. The van der Waals surface area contributed by atoms with Gasteiger partial charge in [-0.25, -0.2) is 0 Å². The topological polar surface area (TPSA) is 63.7 Å². The maximum absolute atomic E-state index is 13.0. The lowest BCUT2D eigenvalue weighted by molar-refractivity contribution is -0.154. The minimum Gasteiger partial charge on any atom is -0.468 e. The van der Waals surface area contributed by atoms with Gasteiger partial charge in [-0.05, 0) is 31.1 Å². The predicted molar refractivity (Wildman–Crippen MR) is 86.7 cm³/mol. The number of esters is 1. The highest BCUT2D eigenvalue weighted by Crippen LogP contribution is 2.44. The molecule has 0 N–H and O–H groups in total. The Morgan fingerprint density at radius 2 is 1.87 bits per heavy atom. The molecule has 2 rings (SSSR count). The van der Waals surface area contributed by atoms with Crippen LogP contribution >= 0.6 is 0 Å². The van der Waals surface area contributed by atoms with E-state index in [1.54, 1.807) is 0 Å². The van der Waals surface area contributed by atoms with Gasteiger partial charge in [-0.1, -0.05) is 20.8 Å². The summed E-state index contributed by atoms with van der Waals surface area (Å²) in [4.78, 5) is 39.9. The SMILES string of the molecule is CCCC(=O)C1=C(N2CCCC2)CC(C)(C)[C@@H](C(=O)OC)C1=O. The van der Waals surface area contributed by atoms with Crippen LogP contribution < -0.4 is 0 Å². The Labute approximate surface area is 138 Å². The van der Waals surface area contributed by atoms with E-state index in [4.69, 9.17) is 4.74 Å². The number of rotatable bonds is 5. The number of Topliss-reactive ketones (excluding diaryl/α,β-unsaturated/α-hetero) is 2. The van der Waals surface area contributed by atoms with E-state index in [-0.39, 0.29) is 17.1 Å². The van der Waals surface area contributed by atoms with E-state index in [0.29, 0.717) is 19.3 Å². The first-order chi connectivity index (χ1) is 10.8. The number of carbonyl (C=O) groups excluding carboxylic acids is 3. The zero-order valence-corrected chi connectivity index (χ0v) is 14.6. The average Bonchev–Trinajstić information content (AvgIpc) is 2.99. The molecule has 1 aliphatic heterocycles. The van der Waals surface area contributed by atoms with Gasteiger partial charge in [0.25, 0.3) is 0 Å². The van der Waals surface area contributed by atoms with E-state index in [2.05, 4.69) is 4.90 Å². The van der Waals surface area contributed by atoms with Crippen LogP contribution in [0.3, 0.4) is 0 Å². The number of likely N-dealkylation sites (tertiary alicyclic amines) is 1. The molecular formula is C18H27NO4. The van der Waals surface area contributed by atoms with Crippen LogP contribution in [-0.2, 0) is 19.1 Å². The standard InChI is InChI=1S/C18H27NO4/c1-5-8-13(20)14-12(19-9-6-7-10-19)11-18(2,3)15(16(14)21)17(22)23-4/h15H,5-11H2,1-4H3/t15-/m1/s1. The van der Waals surface area contributed by atoms with Crippen LogP contribution in [0.4, 0.5) is 0 Å².